The molecular weight excluding hydrogens is 400 g/mol. The second-order valence-corrected chi connectivity index (χ2v) is 7.88. The number of unbranched alkanes of at least 4 members (excludes halogenated alkanes) is 2. The van der Waals surface area contributed by atoms with Gasteiger partial charge in [-0.15, -0.1) is 5.06 Å². The van der Waals surface area contributed by atoms with E-state index in [-0.39, 0.29) is 6.61 Å². The monoisotopic (exact) mass is 438 g/mol. The van der Waals surface area contributed by atoms with Crippen molar-refractivity contribution in [1.29, 1.82) is 0 Å². The van der Waals surface area contributed by atoms with Crippen molar-refractivity contribution in [3.8, 4) is 0 Å². The molecule has 8 atom stereocenters. The van der Waals surface area contributed by atoms with E-state index >= 15 is 0 Å². The van der Waals surface area contributed by atoms with E-state index in [9.17, 15) is 30.7 Å². The zero-order chi connectivity index (χ0) is 22.3. The molecule has 0 aromatic rings. The van der Waals surface area contributed by atoms with E-state index in [2.05, 4.69) is 0 Å². The maximum Gasteiger partial charge on any atom is 0.188 e. The lowest BCUT2D eigenvalue weighted by atomic mass is 9.99. The fraction of sp³-hybridized carbons (Fsp3) is 1.00. The standard InChI is InChI=1S/C19H38N2O9/c1-3-5-7-20-9-14(28-8-6-4-2)21(27)18(12(20)10-22)30-19-17(26)16(25)15(24)13(11-23)29-19/h12-19,22-27H,3-11H2,1-2H3/t12-,13-,14+,15-,16+,17-,18-,19+/m1/s1. The Balaban J connectivity index is 2.18. The number of aliphatic hydroxyl groups excluding tert-OH is 5. The molecule has 0 aromatic heterocycles. The number of hydroxylamine groups is 2. The van der Waals surface area contributed by atoms with Crippen LogP contribution in [0.25, 0.3) is 0 Å². The summed E-state index contributed by atoms with van der Waals surface area (Å²) in [7, 11) is 0. The van der Waals surface area contributed by atoms with Crippen LogP contribution in [0.2, 0.25) is 0 Å². The molecule has 0 amide bonds. The molecule has 11 heteroatoms. The Morgan fingerprint density at radius 2 is 1.67 bits per heavy atom. The normalized spacial score (nSPS) is 38.8. The molecule has 2 heterocycles. The molecule has 30 heavy (non-hydrogen) atoms. The summed E-state index contributed by atoms with van der Waals surface area (Å²) in [6.07, 6.45) is -5.57. The van der Waals surface area contributed by atoms with Crippen molar-refractivity contribution in [3.63, 3.8) is 0 Å². The maximum atomic E-state index is 10.8. The predicted octanol–water partition coefficient (Wildman–Crippen LogP) is -1.56. The number of nitrogens with zero attached hydrogens (tertiary/aromatic N) is 2. The first kappa shape index (κ1) is 25.8. The first-order valence-corrected chi connectivity index (χ1v) is 10.8. The van der Waals surface area contributed by atoms with Crippen molar-refractivity contribution < 1.29 is 45.0 Å². The molecular formula is C19H38N2O9. The quantitative estimate of drug-likeness (QED) is 0.207. The summed E-state index contributed by atoms with van der Waals surface area (Å²) in [4.78, 5) is 1.96. The lowest BCUT2D eigenvalue weighted by Gasteiger charge is -2.49. The molecule has 0 aromatic carbocycles. The molecule has 2 rings (SSSR count). The van der Waals surface area contributed by atoms with Gasteiger partial charge >= 0.3 is 0 Å². The highest BCUT2D eigenvalue weighted by molar-refractivity contribution is 4.91. The summed E-state index contributed by atoms with van der Waals surface area (Å²) in [5.41, 5.74) is 0. The number of ether oxygens (including phenoxy) is 3. The molecule has 0 aliphatic carbocycles. The van der Waals surface area contributed by atoms with Gasteiger partial charge in [0.15, 0.2) is 12.5 Å². The molecule has 0 bridgehead atoms. The van der Waals surface area contributed by atoms with Gasteiger partial charge in [0.25, 0.3) is 0 Å². The summed E-state index contributed by atoms with van der Waals surface area (Å²) in [5, 5.41) is 61.3. The Morgan fingerprint density at radius 3 is 2.27 bits per heavy atom. The number of piperazine rings is 1. The molecule has 0 radical (unpaired) electrons. The second-order valence-electron chi connectivity index (χ2n) is 7.88. The molecule has 2 aliphatic rings. The van der Waals surface area contributed by atoms with Crippen LogP contribution < -0.4 is 0 Å². The van der Waals surface area contributed by atoms with Crippen molar-refractivity contribution in [2.45, 2.75) is 88.7 Å². The van der Waals surface area contributed by atoms with E-state index in [1.54, 1.807) is 0 Å². The first-order valence-electron chi connectivity index (χ1n) is 10.8. The minimum atomic E-state index is -1.61. The predicted molar refractivity (Wildman–Crippen MR) is 104 cm³/mol. The number of hydrogen-bond acceptors (Lipinski definition) is 11. The van der Waals surface area contributed by atoms with E-state index in [1.165, 1.54) is 0 Å². The Kier molecular flexibility index (Phi) is 10.8. The third-order valence-corrected chi connectivity index (χ3v) is 5.66. The highest BCUT2D eigenvalue weighted by atomic mass is 16.7. The van der Waals surface area contributed by atoms with E-state index in [1.807, 2.05) is 18.7 Å². The van der Waals surface area contributed by atoms with Crippen LogP contribution in [0.1, 0.15) is 39.5 Å². The number of rotatable bonds is 11. The lowest BCUT2D eigenvalue weighted by Crippen LogP contribution is -2.68. The smallest absolute Gasteiger partial charge is 0.188 e. The maximum absolute atomic E-state index is 10.8. The van der Waals surface area contributed by atoms with Gasteiger partial charge in [-0.3, -0.25) is 4.90 Å². The molecule has 2 aliphatic heterocycles. The molecule has 178 valence electrons. The highest BCUT2D eigenvalue weighted by Gasteiger charge is 2.49. The molecule has 0 spiro atoms. The molecule has 0 unspecified atom stereocenters. The minimum absolute atomic E-state index is 0.329. The SMILES string of the molecule is CCCCO[C@H]1CN(CCCC)[C@H](CO)[C@@H](O[C@@H]2O[C@H](CO)[C@@H](O)[C@H](O)[C@H]2O)N1O. The number of hydrogen-bond donors (Lipinski definition) is 6. The second kappa shape index (κ2) is 12.6. The zero-order valence-electron chi connectivity index (χ0n) is 17.8. The van der Waals surface area contributed by atoms with Crippen molar-refractivity contribution >= 4 is 0 Å². The van der Waals surface area contributed by atoms with Crippen molar-refractivity contribution in [2.75, 3.05) is 32.9 Å². The molecule has 6 N–H and O–H groups in total. The first-order chi connectivity index (χ1) is 14.4. The van der Waals surface area contributed by atoms with Crippen LogP contribution in [0.5, 0.6) is 0 Å². The van der Waals surface area contributed by atoms with Crippen molar-refractivity contribution in [2.24, 2.45) is 0 Å². The van der Waals surface area contributed by atoms with Crippen LogP contribution in [0.15, 0.2) is 0 Å². The van der Waals surface area contributed by atoms with Crippen molar-refractivity contribution in [3.05, 3.63) is 0 Å². The molecule has 0 saturated carbocycles. The average molecular weight is 439 g/mol. The van der Waals surface area contributed by atoms with Gasteiger partial charge in [0.2, 0.25) is 0 Å². The van der Waals surface area contributed by atoms with Gasteiger partial charge in [-0.2, -0.15) is 0 Å². The van der Waals surface area contributed by atoms with Crippen molar-refractivity contribution in [1.82, 2.24) is 9.96 Å². The van der Waals surface area contributed by atoms with Crippen LogP contribution in [-0.4, -0.2) is 123 Å². The summed E-state index contributed by atoms with van der Waals surface area (Å²) in [6, 6.07) is -0.639. The van der Waals surface area contributed by atoms with Gasteiger partial charge in [-0.1, -0.05) is 26.7 Å². The van der Waals surface area contributed by atoms with E-state index in [0.717, 1.165) is 30.7 Å². The summed E-state index contributed by atoms with van der Waals surface area (Å²) in [5.74, 6) is 0. The topological polar surface area (TPSA) is 156 Å². The van der Waals surface area contributed by atoms with E-state index in [0.29, 0.717) is 19.7 Å². The summed E-state index contributed by atoms with van der Waals surface area (Å²) in [6.45, 7) is 4.61. The Labute approximate surface area is 177 Å². The molecule has 2 saturated heterocycles. The van der Waals surface area contributed by atoms with Crippen LogP contribution in [0.3, 0.4) is 0 Å². The minimum Gasteiger partial charge on any atom is -0.395 e. The third kappa shape index (κ3) is 6.08. The zero-order valence-corrected chi connectivity index (χ0v) is 17.8. The largest absolute Gasteiger partial charge is 0.395 e. The highest BCUT2D eigenvalue weighted by Crippen LogP contribution is 2.28. The Bertz CT molecular complexity index is 487. The van der Waals surface area contributed by atoms with E-state index < -0.39 is 55.8 Å². The van der Waals surface area contributed by atoms with Gasteiger partial charge in [0.1, 0.15) is 30.6 Å². The molecule has 11 nitrogen and oxygen atoms in total. The van der Waals surface area contributed by atoms with Gasteiger partial charge < -0.3 is 45.0 Å². The summed E-state index contributed by atoms with van der Waals surface area (Å²) >= 11 is 0. The van der Waals surface area contributed by atoms with Gasteiger partial charge in [-0.05, 0) is 19.4 Å². The third-order valence-electron chi connectivity index (χ3n) is 5.66. The van der Waals surface area contributed by atoms with Crippen LogP contribution in [-0.2, 0) is 14.2 Å². The van der Waals surface area contributed by atoms with Crippen LogP contribution in [0.4, 0.5) is 0 Å². The fourth-order valence-corrected chi connectivity index (χ4v) is 3.73. The Morgan fingerprint density at radius 1 is 0.967 bits per heavy atom. The van der Waals surface area contributed by atoms with E-state index in [4.69, 9.17) is 14.2 Å². The number of aliphatic hydroxyl groups is 5. The van der Waals surface area contributed by atoms with Gasteiger partial charge in [0.05, 0.1) is 19.3 Å². The molecule has 2 fully saturated rings. The Hall–Kier alpha value is -0.440. The fourth-order valence-electron chi connectivity index (χ4n) is 3.73. The average Bonchev–Trinajstić information content (AvgIpc) is 2.75. The lowest BCUT2D eigenvalue weighted by molar-refractivity contribution is -0.386. The van der Waals surface area contributed by atoms with Gasteiger partial charge in [-0.25, -0.2) is 0 Å². The van der Waals surface area contributed by atoms with Crippen LogP contribution >= 0.6 is 0 Å². The van der Waals surface area contributed by atoms with Crippen LogP contribution in [0, 0.1) is 0 Å². The summed E-state index contributed by atoms with van der Waals surface area (Å²) < 4.78 is 17.0. The van der Waals surface area contributed by atoms with Gasteiger partial charge in [0, 0.05) is 13.2 Å².